The van der Waals surface area contributed by atoms with Gasteiger partial charge in [-0.1, -0.05) is 6.92 Å². The summed E-state index contributed by atoms with van der Waals surface area (Å²) in [6.07, 6.45) is 5.85. The van der Waals surface area contributed by atoms with Gasteiger partial charge in [0.25, 0.3) is 0 Å². The predicted octanol–water partition coefficient (Wildman–Crippen LogP) is 2.76. The van der Waals surface area contributed by atoms with Crippen molar-refractivity contribution >= 4 is 23.8 Å². The summed E-state index contributed by atoms with van der Waals surface area (Å²) in [6, 6.07) is 0.407. The van der Waals surface area contributed by atoms with Gasteiger partial charge in [-0.05, 0) is 37.9 Å². The molecule has 5 nitrogen and oxygen atoms in total. The number of carbonyl (C=O) groups is 2. The molecule has 1 rings (SSSR count). The van der Waals surface area contributed by atoms with Gasteiger partial charge >= 0.3 is 12.0 Å². The molecule has 0 saturated carbocycles. The molecule has 1 saturated heterocycles. The highest BCUT2D eigenvalue weighted by molar-refractivity contribution is 7.98. The molecular formula is C15H28N2O3S. The van der Waals surface area contributed by atoms with E-state index in [4.69, 9.17) is 5.11 Å². The van der Waals surface area contributed by atoms with E-state index < -0.39 is 5.97 Å². The quantitative estimate of drug-likeness (QED) is 0.784. The third-order valence-electron chi connectivity index (χ3n) is 4.33. The van der Waals surface area contributed by atoms with Crippen LogP contribution < -0.4 is 0 Å². The summed E-state index contributed by atoms with van der Waals surface area (Å²) in [6.45, 7) is 3.62. The fourth-order valence-corrected chi connectivity index (χ4v) is 3.66. The van der Waals surface area contributed by atoms with E-state index in [0.29, 0.717) is 5.92 Å². The largest absolute Gasteiger partial charge is 0.481 e. The summed E-state index contributed by atoms with van der Waals surface area (Å²) in [7, 11) is 1.89. The number of carboxylic acid groups (broad SMARTS) is 1. The molecule has 1 aliphatic rings. The van der Waals surface area contributed by atoms with E-state index in [2.05, 4.69) is 13.2 Å². The van der Waals surface area contributed by atoms with Crippen molar-refractivity contribution in [3.8, 4) is 0 Å². The van der Waals surface area contributed by atoms with E-state index in [9.17, 15) is 9.59 Å². The molecule has 0 aliphatic carbocycles. The number of hydrogen-bond donors (Lipinski definition) is 1. The number of carbonyl (C=O) groups excluding carboxylic acids is 1. The van der Waals surface area contributed by atoms with E-state index in [-0.39, 0.29) is 18.5 Å². The van der Waals surface area contributed by atoms with Crippen LogP contribution in [-0.4, -0.2) is 65.1 Å². The molecule has 0 bridgehead atoms. The van der Waals surface area contributed by atoms with Crippen molar-refractivity contribution in [1.29, 1.82) is 0 Å². The molecule has 1 heterocycles. The summed E-state index contributed by atoms with van der Waals surface area (Å²) >= 11 is 1.77. The first-order valence-corrected chi connectivity index (χ1v) is 9.11. The Bertz CT molecular complexity index is 344. The minimum Gasteiger partial charge on any atom is -0.481 e. The van der Waals surface area contributed by atoms with Crippen LogP contribution in [0.3, 0.4) is 0 Å². The van der Waals surface area contributed by atoms with Gasteiger partial charge in [0.2, 0.25) is 0 Å². The first-order valence-electron chi connectivity index (χ1n) is 7.72. The Labute approximate surface area is 132 Å². The highest BCUT2D eigenvalue weighted by atomic mass is 32.2. The maximum Gasteiger partial charge on any atom is 0.320 e. The lowest BCUT2D eigenvalue weighted by Crippen LogP contribution is -2.49. The SMILES string of the molecule is CCC(CSC)N(C)C(=O)N1CCC(CCC(=O)O)CC1. The number of likely N-dealkylation sites (tertiary alicyclic amines) is 1. The van der Waals surface area contributed by atoms with E-state index in [1.807, 2.05) is 16.8 Å². The van der Waals surface area contributed by atoms with Gasteiger partial charge in [-0.15, -0.1) is 0 Å². The summed E-state index contributed by atoms with van der Waals surface area (Å²) in [5.41, 5.74) is 0. The lowest BCUT2D eigenvalue weighted by atomic mass is 9.92. The van der Waals surface area contributed by atoms with Crippen molar-refractivity contribution < 1.29 is 14.7 Å². The number of urea groups is 1. The molecule has 1 unspecified atom stereocenters. The van der Waals surface area contributed by atoms with Gasteiger partial charge in [-0.3, -0.25) is 4.79 Å². The van der Waals surface area contributed by atoms with Crippen molar-refractivity contribution in [2.75, 3.05) is 32.1 Å². The Kier molecular flexibility index (Phi) is 7.93. The van der Waals surface area contributed by atoms with Crippen molar-refractivity contribution in [3.05, 3.63) is 0 Å². The average Bonchev–Trinajstić information content (AvgIpc) is 2.49. The van der Waals surface area contributed by atoms with Crippen molar-refractivity contribution in [1.82, 2.24) is 9.80 Å². The van der Waals surface area contributed by atoms with Crippen molar-refractivity contribution in [2.45, 2.75) is 45.1 Å². The minimum atomic E-state index is -0.726. The van der Waals surface area contributed by atoms with Gasteiger partial charge in [0, 0.05) is 38.4 Å². The fraction of sp³-hybridized carbons (Fsp3) is 0.867. The third-order valence-corrected chi connectivity index (χ3v) is 5.05. The van der Waals surface area contributed by atoms with E-state index in [1.54, 1.807) is 11.8 Å². The smallest absolute Gasteiger partial charge is 0.320 e. The van der Waals surface area contributed by atoms with Gasteiger partial charge in [0.15, 0.2) is 0 Å². The Morgan fingerprint density at radius 3 is 2.48 bits per heavy atom. The topological polar surface area (TPSA) is 60.9 Å². The number of piperidine rings is 1. The van der Waals surface area contributed by atoms with Gasteiger partial charge in [0.05, 0.1) is 0 Å². The van der Waals surface area contributed by atoms with Gasteiger partial charge < -0.3 is 14.9 Å². The van der Waals surface area contributed by atoms with E-state index >= 15 is 0 Å². The van der Waals surface area contributed by atoms with Gasteiger partial charge in [-0.25, -0.2) is 4.79 Å². The second kappa shape index (κ2) is 9.18. The average molecular weight is 316 g/mol. The molecule has 1 N–H and O–H groups in total. The van der Waals surface area contributed by atoms with Crippen LogP contribution in [0.25, 0.3) is 0 Å². The number of nitrogens with zero attached hydrogens (tertiary/aromatic N) is 2. The predicted molar refractivity (Wildman–Crippen MR) is 86.8 cm³/mol. The van der Waals surface area contributed by atoms with Crippen LogP contribution in [0.1, 0.15) is 39.0 Å². The summed E-state index contributed by atoms with van der Waals surface area (Å²) in [4.78, 5) is 26.9. The number of hydrogen-bond acceptors (Lipinski definition) is 3. The highest BCUT2D eigenvalue weighted by Crippen LogP contribution is 2.23. The second-order valence-corrected chi connectivity index (χ2v) is 6.68. The maximum absolute atomic E-state index is 12.5. The van der Waals surface area contributed by atoms with Crippen LogP contribution in [-0.2, 0) is 4.79 Å². The Balaban J connectivity index is 2.42. The number of rotatable bonds is 7. The molecule has 1 atom stereocenters. The van der Waals surface area contributed by atoms with Crippen LogP contribution in [0.2, 0.25) is 0 Å². The molecule has 0 aromatic carbocycles. The highest BCUT2D eigenvalue weighted by Gasteiger charge is 2.27. The summed E-state index contributed by atoms with van der Waals surface area (Å²) in [5, 5.41) is 8.72. The van der Waals surface area contributed by atoms with Crippen LogP contribution in [0.5, 0.6) is 0 Å². The standard InChI is InChI=1S/C15H28N2O3S/c1-4-13(11-21-3)16(2)15(20)17-9-7-12(8-10-17)5-6-14(18)19/h12-13H,4-11H2,1-3H3,(H,18,19). The Morgan fingerprint density at radius 2 is 2.00 bits per heavy atom. The normalized spacial score (nSPS) is 17.6. The van der Waals surface area contributed by atoms with E-state index in [0.717, 1.165) is 44.5 Å². The molecule has 1 fully saturated rings. The summed E-state index contributed by atoms with van der Waals surface area (Å²) < 4.78 is 0. The van der Waals surface area contributed by atoms with Gasteiger partial charge in [-0.2, -0.15) is 11.8 Å². The molecule has 21 heavy (non-hydrogen) atoms. The maximum atomic E-state index is 12.5. The first-order chi connectivity index (χ1) is 9.99. The third kappa shape index (κ3) is 5.77. The molecule has 0 aromatic rings. The molecule has 1 aliphatic heterocycles. The van der Waals surface area contributed by atoms with Crippen LogP contribution in [0, 0.1) is 5.92 Å². The monoisotopic (exact) mass is 316 g/mol. The van der Waals surface area contributed by atoms with Gasteiger partial charge in [0.1, 0.15) is 0 Å². The fourth-order valence-electron chi connectivity index (χ4n) is 2.82. The molecule has 0 radical (unpaired) electrons. The number of amides is 2. The number of thioether (sulfide) groups is 1. The molecule has 0 aromatic heterocycles. The zero-order valence-corrected chi connectivity index (χ0v) is 14.2. The second-order valence-electron chi connectivity index (χ2n) is 5.77. The Morgan fingerprint density at radius 1 is 1.38 bits per heavy atom. The van der Waals surface area contributed by atoms with Crippen molar-refractivity contribution in [3.63, 3.8) is 0 Å². The first kappa shape index (κ1) is 18.1. The molecule has 122 valence electrons. The minimum absolute atomic E-state index is 0.118. The molecule has 6 heteroatoms. The van der Waals surface area contributed by atoms with Crippen LogP contribution in [0.4, 0.5) is 4.79 Å². The van der Waals surface area contributed by atoms with Crippen molar-refractivity contribution in [2.24, 2.45) is 5.92 Å². The van der Waals surface area contributed by atoms with E-state index in [1.165, 1.54) is 0 Å². The zero-order chi connectivity index (χ0) is 15.8. The lowest BCUT2D eigenvalue weighted by molar-refractivity contribution is -0.137. The number of aliphatic carboxylic acids is 1. The molecule has 2 amide bonds. The van der Waals surface area contributed by atoms with Crippen LogP contribution >= 0.6 is 11.8 Å². The summed E-state index contributed by atoms with van der Waals surface area (Å²) in [5.74, 6) is 0.688. The number of carboxylic acids is 1. The lowest BCUT2D eigenvalue weighted by Gasteiger charge is -2.37. The Hall–Kier alpha value is -0.910. The zero-order valence-electron chi connectivity index (χ0n) is 13.4. The van der Waals surface area contributed by atoms with Crippen LogP contribution in [0.15, 0.2) is 0 Å². The molecule has 0 spiro atoms. The molecular weight excluding hydrogens is 288 g/mol.